The van der Waals surface area contributed by atoms with Crippen LogP contribution in [0.3, 0.4) is 0 Å². The van der Waals surface area contributed by atoms with Crippen LogP contribution in [0.2, 0.25) is 0 Å². The molecule has 6 heteroatoms. The van der Waals surface area contributed by atoms with E-state index >= 15 is 0 Å². The fourth-order valence-electron chi connectivity index (χ4n) is 0. The molecule has 0 nitrogen and oxygen atoms in total. The predicted octanol–water partition coefficient (Wildman–Crippen LogP) is 0.603. The van der Waals surface area contributed by atoms with Crippen molar-refractivity contribution in [2.75, 3.05) is 0 Å². The molecule has 0 aromatic rings. The van der Waals surface area contributed by atoms with Gasteiger partial charge in [0.2, 0.25) is 0 Å². The molecule has 0 bridgehead atoms. The van der Waals surface area contributed by atoms with Gasteiger partial charge in [0, 0.05) is 19.5 Å². The number of hydrogen-bond acceptors (Lipinski definition) is 4. The van der Waals surface area contributed by atoms with Gasteiger partial charge in [-0.25, -0.2) is 0 Å². The van der Waals surface area contributed by atoms with Crippen LogP contribution in [0.5, 0.6) is 0 Å². The zero-order chi connectivity index (χ0) is 3.41. The van der Waals surface area contributed by atoms with Gasteiger partial charge in [0.15, 0.2) is 0 Å². The molecule has 0 saturated heterocycles. The van der Waals surface area contributed by atoms with E-state index in [9.17, 15) is 0 Å². The smallest absolute Gasteiger partial charge is 0 e. The van der Waals surface area contributed by atoms with Crippen molar-refractivity contribution in [2.45, 2.75) is 0 Å². The second kappa shape index (κ2) is 15.6. The summed E-state index contributed by atoms with van der Waals surface area (Å²) in [6, 6.07) is 0. The average molecular weight is 272 g/mol. The Balaban J connectivity index is -0.0000000450. The maximum atomic E-state index is 3.72. The predicted molar refractivity (Wildman–Crippen MR) is 44.5 cm³/mol. The van der Waals surface area contributed by atoms with Crippen LogP contribution in [0.25, 0.3) is 0 Å². The number of thiol groups is 2. The van der Waals surface area contributed by atoms with E-state index in [0.717, 1.165) is 0 Å². The van der Waals surface area contributed by atoms with Gasteiger partial charge < -0.3 is 0 Å². The summed E-state index contributed by atoms with van der Waals surface area (Å²) in [4.78, 5) is 0. The molecule has 0 aliphatic heterocycles. The van der Waals surface area contributed by atoms with E-state index in [2.05, 4.69) is 23.3 Å². The van der Waals surface area contributed by atoms with Crippen LogP contribution in [0.4, 0.5) is 0 Å². The van der Waals surface area contributed by atoms with Crippen molar-refractivity contribution < 1.29 is 19.5 Å². The van der Waals surface area contributed by atoms with Crippen LogP contribution < -0.4 is 0 Å². The second-order valence-corrected chi connectivity index (χ2v) is 4.02. The topological polar surface area (TPSA) is 0 Å². The number of rotatable bonds is 1. The molecule has 0 N–H and O–H groups in total. The minimum Gasteiger partial charge on any atom is 0 e. The Labute approximate surface area is 79.1 Å². The quantitative estimate of drug-likeness (QED) is 0.408. The molecule has 0 heterocycles. The van der Waals surface area contributed by atoms with Crippen LogP contribution in [0.15, 0.2) is 0 Å². The first-order chi connectivity index (χ1) is 1.91. The SMILES string of the molecule is SSSS.[GeH4].[Zn]. The summed E-state index contributed by atoms with van der Waals surface area (Å²) in [5.74, 6) is 0. The molecule has 36 valence electrons. The fraction of sp³-hybridized carbons (Fsp3) is 0. The monoisotopic (exact) mass is 272 g/mol. The Bertz CT molecular complexity index is 9.51. The van der Waals surface area contributed by atoms with Gasteiger partial charge in [0.1, 0.15) is 0 Å². The molecule has 0 rings (SSSR count). The van der Waals surface area contributed by atoms with Crippen LogP contribution in [0, 0.1) is 0 Å². The Hall–Kier alpha value is 2.57. The summed E-state index contributed by atoms with van der Waals surface area (Å²) < 4.78 is 0. The van der Waals surface area contributed by atoms with Crippen molar-refractivity contribution in [3.63, 3.8) is 0 Å². The van der Waals surface area contributed by atoms with Crippen molar-refractivity contribution in [2.24, 2.45) is 0 Å². The number of hydrogen-bond donors (Lipinski definition) is 2. The van der Waals surface area contributed by atoms with Crippen LogP contribution in [-0.2, 0) is 19.5 Å². The summed E-state index contributed by atoms with van der Waals surface area (Å²) in [7, 11) is 2.66. The van der Waals surface area contributed by atoms with E-state index in [0.29, 0.717) is 0 Å². The third-order valence-corrected chi connectivity index (χ3v) is 2.70. The average Bonchev–Trinajstić information content (AvgIpc) is 1.37. The molecule has 0 aromatic carbocycles. The maximum absolute atomic E-state index is 3.72. The molecule has 0 fully saturated rings. The third-order valence-electron chi connectivity index (χ3n) is 0.0333. The molecule has 6 heavy (non-hydrogen) atoms. The zero-order valence-corrected chi connectivity index (χ0v) is 8.81. The Morgan fingerprint density at radius 2 is 1.17 bits per heavy atom. The maximum Gasteiger partial charge on any atom is 0 e. The second-order valence-electron chi connectivity index (χ2n) is 0.149. The largest absolute Gasteiger partial charge is 0 e. The van der Waals surface area contributed by atoms with Gasteiger partial charge in [-0.1, -0.05) is 23.3 Å². The van der Waals surface area contributed by atoms with Crippen molar-refractivity contribution in [1.29, 1.82) is 0 Å². The van der Waals surface area contributed by atoms with E-state index in [1.165, 1.54) is 19.7 Å². The third kappa shape index (κ3) is 16.0. The van der Waals surface area contributed by atoms with E-state index < -0.39 is 0 Å². The first-order valence-corrected chi connectivity index (χ1v) is 4.79. The van der Waals surface area contributed by atoms with Crippen LogP contribution >= 0.6 is 43.0 Å². The Kier molecular flexibility index (Phi) is 41.3. The Morgan fingerprint density at radius 3 is 1.17 bits per heavy atom. The van der Waals surface area contributed by atoms with Crippen LogP contribution in [0.1, 0.15) is 0 Å². The fourth-order valence-corrected chi connectivity index (χ4v) is 0. The van der Waals surface area contributed by atoms with Gasteiger partial charge in [0.25, 0.3) is 0 Å². The molecule has 0 aromatic heterocycles. The van der Waals surface area contributed by atoms with Gasteiger partial charge >= 0.3 is 17.6 Å². The van der Waals surface area contributed by atoms with Gasteiger partial charge in [0.05, 0.1) is 0 Å². The summed E-state index contributed by atoms with van der Waals surface area (Å²) in [5.41, 5.74) is 0. The normalized spacial score (nSPS) is 5.00. The molecule has 0 saturated carbocycles. The Morgan fingerprint density at radius 1 is 1.00 bits per heavy atom. The summed E-state index contributed by atoms with van der Waals surface area (Å²) in [6.07, 6.45) is 0. The van der Waals surface area contributed by atoms with E-state index in [-0.39, 0.29) is 37.1 Å². The van der Waals surface area contributed by atoms with Gasteiger partial charge in [-0.2, -0.15) is 0 Å². The molecule has 0 amide bonds. The van der Waals surface area contributed by atoms with Crippen molar-refractivity contribution >= 4 is 60.6 Å². The minimum atomic E-state index is 0. The van der Waals surface area contributed by atoms with E-state index in [1.807, 2.05) is 0 Å². The van der Waals surface area contributed by atoms with Gasteiger partial charge in [-0.3, -0.25) is 0 Å². The molecular weight excluding hydrogens is 266 g/mol. The van der Waals surface area contributed by atoms with Crippen molar-refractivity contribution in [1.82, 2.24) is 0 Å². The van der Waals surface area contributed by atoms with Gasteiger partial charge in [-0.05, 0) is 19.7 Å². The molecule has 0 atom stereocenters. The minimum absolute atomic E-state index is 0. The molecule has 0 spiro atoms. The zero-order valence-electron chi connectivity index (χ0n) is 2.42. The molecule has 0 aliphatic rings. The van der Waals surface area contributed by atoms with Crippen molar-refractivity contribution in [3.8, 4) is 0 Å². The molecule has 0 unspecified atom stereocenters. The van der Waals surface area contributed by atoms with Crippen molar-refractivity contribution in [3.05, 3.63) is 0 Å². The summed E-state index contributed by atoms with van der Waals surface area (Å²) in [5, 5.41) is 0. The first-order valence-electron chi connectivity index (χ1n) is 0.532. The van der Waals surface area contributed by atoms with Crippen LogP contribution in [-0.4, -0.2) is 17.6 Å². The van der Waals surface area contributed by atoms with E-state index in [4.69, 9.17) is 0 Å². The van der Waals surface area contributed by atoms with Gasteiger partial charge in [-0.15, -0.1) is 0 Å². The van der Waals surface area contributed by atoms with E-state index in [1.54, 1.807) is 0 Å². The summed E-state index contributed by atoms with van der Waals surface area (Å²) in [6.45, 7) is 0. The summed E-state index contributed by atoms with van der Waals surface area (Å²) >= 11 is 7.45. The first kappa shape index (κ1) is 15.8. The molecule has 0 radical (unpaired) electrons. The molecule has 0 aliphatic carbocycles. The molecular formula is H6GeS4Zn. The standard InChI is InChI=1S/GeH4.H2S4.Zn/c;1-3-4-2;/h1H4;1-2H;.